The van der Waals surface area contributed by atoms with Gasteiger partial charge in [0.2, 0.25) is 5.71 Å². The number of hydrogen-bond donors (Lipinski definition) is 1. The van der Waals surface area contributed by atoms with Gasteiger partial charge in [-0.1, -0.05) is 30.0 Å². The normalized spacial score (nSPS) is 10.9. The minimum atomic E-state index is -0.678. The van der Waals surface area contributed by atoms with E-state index in [0.29, 0.717) is 16.4 Å². The number of halogens is 1. The Morgan fingerprint density at radius 1 is 1.43 bits per heavy atom. The lowest BCUT2D eigenvalue weighted by Crippen LogP contribution is -2.15. The van der Waals surface area contributed by atoms with Crippen molar-refractivity contribution in [2.45, 2.75) is 6.54 Å². The quantitative estimate of drug-likeness (QED) is 0.740. The smallest absolute Gasteiger partial charge is 0.348 e. The average molecular weight is 332 g/mol. The third-order valence-electron chi connectivity index (χ3n) is 3.26. The predicted octanol–water partition coefficient (Wildman–Crippen LogP) is 3.55. The van der Waals surface area contributed by atoms with E-state index in [2.05, 4.69) is 11.6 Å². The molecule has 0 aliphatic carbocycles. The van der Waals surface area contributed by atoms with Crippen LogP contribution in [0, 0.1) is 5.82 Å². The van der Waals surface area contributed by atoms with E-state index in [1.54, 1.807) is 12.1 Å². The number of aliphatic hydroxyl groups excluding tert-OH is 1. The summed E-state index contributed by atoms with van der Waals surface area (Å²) in [6.45, 7) is 3.87. The van der Waals surface area contributed by atoms with Crippen molar-refractivity contribution >= 4 is 32.6 Å². The molecule has 0 fully saturated rings. The monoisotopic (exact) mass is 332 g/mol. The highest BCUT2D eigenvalue weighted by Gasteiger charge is 2.14. The third kappa shape index (κ3) is 3.09. The van der Waals surface area contributed by atoms with Gasteiger partial charge in [0.15, 0.2) is 5.13 Å². The molecule has 0 saturated carbocycles. The molecule has 0 saturated heterocycles. The van der Waals surface area contributed by atoms with Crippen molar-refractivity contribution in [3.05, 3.63) is 64.3 Å². The number of nitrogens with zero attached hydrogens (tertiary/aromatic N) is 2. The van der Waals surface area contributed by atoms with Crippen molar-refractivity contribution in [1.82, 2.24) is 4.98 Å². The van der Waals surface area contributed by atoms with Crippen molar-refractivity contribution in [3.8, 4) is 0 Å². The molecular formula is C16H13FN2O3S. The van der Waals surface area contributed by atoms with Crippen LogP contribution < -0.4 is 10.5 Å². The van der Waals surface area contributed by atoms with Crippen molar-refractivity contribution in [2.75, 3.05) is 11.9 Å². The first kappa shape index (κ1) is 15.2. The molecule has 0 atom stereocenters. The number of benzene rings is 1. The summed E-state index contributed by atoms with van der Waals surface area (Å²) in [6, 6.07) is 7.72. The van der Waals surface area contributed by atoms with Crippen molar-refractivity contribution < 1.29 is 13.9 Å². The highest BCUT2D eigenvalue weighted by molar-refractivity contribution is 7.22. The molecule has 118 valence electrons. The molecule has 0 bridgehead atoms. The Morgan fingerprint density at radius 3 is 2.78 bits per heavy atom. The fourth-order valence-corrected chi connectivity index (χ4v) is 3.00. The minimum Gasteiger partial charge on any atom is -0.508 e. The Labute approximate surface area is 134 Å². The number of aromatic nitrogens is 1. The molecule has 0 aliphatic heterocycles. The van der Waals surface area contributed by atoms with Gasteiger partial charge in [-0.05, 0) is 23.8 Å². The fourth-order valence-electron chi connectivity index (χ4n) is 2.10. The summed E-state index contributed by atoms with van der Waals surface area (Å²) < 4.78 is 18.7. The number of anilines is 1. The Balaban J connectivity index is 1.91. The number of fused-ring (bicyclic) bond motifs is 1. The van der Waals surface area contributed by atoms with Crippen LogP contribution in [0.4, 0.5) is 9.52 Å². The molecule has 1 aromatic carbocycles. The summed E-state index contributed by atoms with van der Waals surface area (Å²) >= 11 is 1.32. The molecule has 23 heavy (non-hydrogen) atoms. The van der Waals surface area contributed by atoms with Crippen molar-refractivity contribution in [2.24, 2.45) is 0 Å². The molecule has 0 spiro atoms. The van der Waals surface area contributed by atoms with Crippen LogP contribution in [-0.2, 0) is 6.54 Å². The summed E-state index contributed by atoms with van der Waals surface area (Å²) in [7, 11) is 1.84. The maximum atomic E-state index is 12.9. The lowest BCUT2D eigenvalue weighted by molar-refractivity contribution is 0.497. The molecule has 5 nitrogen and oxygen atoms in total. The Hall–Kier alpha value is -2.67. The van der Waals surface area contributed by atoms with Crippen LogP contribution in [0.15, 0.2) is 46.1 Å². The van der Waals surface area contributed by atoms with E-state index in [0.717, 1.165) is 5.56 Å². The van der Waals surface area contributed by atoms with Crippen LogP contribution in [-0.4, -0.2) is 17.1 Å². The summed E-state index contributed by atoms with van der Waals surface area (Å²) in [6.07, 6.45) is 0. The van der Waals surface area contributed by atoms with Gasteiger partial charge in [0.1, 0.15) is 17.1 Å². The van der Waals surface area contributed by atoms with E-state index >= 15 is 0 Å². The maximum Gasteiger partial charge on any atom is 0.348 e. The molecule has 3 rings (SSSR count). The SMILES string of the molecule is C=C(O)c1cc2sc(N(C)Cc3ccc(F)cc3)nc2oc1=O. The van der Waals surface area contributed by atoms with E-state index in [1.165, 1.54) is 29.5 Å². The highest BCUT2D eigenvalue weighted by atomic mass is 32.1. The predicted molar refractivity (Wildman–Crippen MR) is 88.3 cm³/mol. The second-order valence-electron chi connectivity index (χ2n) is 5.04. The molecular weight excluding hydrogens is 319 g/mol. The molecule has 1 N–H and O–H groups in total. The van der Waals surface area contributed by atoms with Gasteiger partial charge in [-0.15, -0.1) is 0 Å². The molecule has 0 unspecified atom stereocenters. The second-order valence-corrected chi connectivity index (χ2v) is 6.05. The lowest BCUT2D eigenvalue weighted by Gasteiger charge is -2.15. The van der Waals surface area contributed by atoms with Crippen LogP contribution >= 0.6 is 11.3 Å². The van der Waals surface area contributed by atoms with Gasteiger partial charge in [0.05, 0.1) is 4.70 Å². The van der Waals surface area contributed by atoms with Crippen LogP contribution in [0.25, 0.3) is 16.2 Å². The van der Waals surface area contributed by atoms with Crippen LogP contribution in [0.5, 0.6) is 0 Å². The summed E-state index contributed by atoms with van der Waals surface area (Å²) in [5.41, 5.74) is 0.488. The fraction of sp³-hybridized carbons (Fsp3) is 0.125. The van der Waals surface area contributed by atoms with Gasteiger partial charge in [-0.25, -0.2) is 9.18 Å². The molecule has 3 aromatic rings. The zero-order valence-corrected chi connectivity index (χ0v) is 13.1. The first-order chi connectivity index (χ1) is 10.9. The molecule has 0 amide bonds. The first-order valence-electron chi connectivity index (χ1n) is 6.72. The van der Waals surface area contributed by atoms with Gasteiger partial charge >= 0.3 is 5.63 Å². The second kappa shape index (κ2) is 5.85. The van der Waals surface area contributed by atoms with Gasteiger partial charge in [0.25, 0.3) is 0 Å². The van der Waals surface area contributed by atoms with E-state index in [4.69, 9.17) is 4.42 Å². The maximum absolute atomic E-state index is 12.9. The zero-order chi connectivity index (χ0) is 16.6. The Bertz CT molecular complexity index is 931. The summed E-state index contributed by atoms with van der Waals surface area (Å²) in [4.78, 5) is 17.9. The van der Waals surface area contributed by atoms with Gasteiger partial charge in [-0.3, -0.25) is 0 Å². The van der Waals surface area contributed by atoms with Crippen molar-refractivity contribution in [3.63, 3.8) is 0 Å². The van der Waals surface area contributed by atoms with Crippen LogP contribution in [0.3, 0.4) is 0 Å². The number of hydrogen-bond acceptors (Lipinski definition) is 6. The molecule has 7 heteroatoms. The Morgan fingerprint density at radius 2 is 2.13 bits per heavy atom. The molecule has 0 radical (unpaired) electrons. The van der Waals surface area contributed by atoms with Crippen molar-refractivity contribution in [1.29, 1.82) is 0 Å². The zero-order valence-electron chi connectivity index (χ0n) is 12.2. The third-order valence-corrected chi connectivity index (χ3v) is 4.36. The summed E-state index contributed by atoms with van der Waals surface area (Å²) in [5, 5.41) is 10.0. The number of rotatable bonds is 4. The van der Waals surface area contributed by atoms with E-state index in [-0.39, 0.29) is 22.9 Å². The summed E-state index contributed by atoms with van der Waals surface area (Å²) in [5.74, 6) is -0.620. The lowest BCUT2D eigenvalue weighted by atomic mass is 10.2. The van der Waals surface area contributed by atoms with E-state index in [9.17, 15) is 14.3 Å². The van der Waals surface area contributed by atoms with E-state index < -0.39 is 5.63 Å². The van der Waals surface area contributed by atoms with Gasteiger partial charge in [-0.2, -0.15) is 4.98 Å². The molecule has 0 aliphatic rings. The molecule has 2 aromatic heterocycles. The van der Waals surface area contributed by atoms with Crippen LogP contribution in [0.1, 0.15) is 11.1 Å². The minimum absolute atomic E-state index is 0.0221. The topological polar surface area (TPSA) is 66.6 Å². The van der Waals surface area contributed by atoms with Gasteiger partial charge < -0.3 is 14.4 Å². The highest BCUT2D eigenvalue weighted by Crippen LogP contribution is 2.29. The molecule has 2 heterocycles. The largest absolute Gasteiger partial charge is 0.508 e. The van der Waals surface area contributed by atoms with Crippen LogP contribution in [0.2, 0.25) is 0 Å². The van der Waals surface area contributed by atoms with Gasteiger partial charge in [0, 0.05) is 13.6 Å². The first-order valence-corrected chi connectivity index (χ1v) is 7.54. The standard InChI is InChI=1S/C16H13FN2O3S/c1-9(20)12-7-13-14(22-15(12)21)18-16(23-13)19(2)8-10-3-5-11(17)6-4-10/h3-7,20H,1,8H2,2H3. The number of aliphatic hydroxyl groups is 1. The van der Waals surface area contributed by atoms with E-state index in [1.807, 2.05) is 11.9 Å². The average Bonchev–Trinajstić information content (AvgIpc) is 2.91. The number of thiazole rings is 1. The Kier molecular flexibility index (Phi) is 3.87.